The molecule has 3 aromatic carbocycles. The first-order valence-electron chi connectivity index (χ1n) is 9.44. The predicted molar refractivity (Wildman–Crippen MR) is 113 cm³/mol. The molecular formula is C25H23NO2. The number of aryl methyl sites for hydroxylation is 1. The second-order valence-electron chi connectivity index (χ2n) is 7.02. The van der Waals surface area contributed by atoms with Gasteiger partial charge in [0.15, 0.2) is 6.04 Å². The van der Waals surface area contributed by atoms with Crippen LogP contribution in [0.4, 0.5) is 5.69 Å². The highest BCUT2D eigenvalue weighted by Gasteiger charge is 2.36. The lowest BCUT2D eigenvalue weighted by Gasteiger charge is -2.40. The van der Waals surface area contributed by atoms with Crippen LogP contribution in [0.1, 0.15) is 34.3 Å². The molecule has 0 spiro atoms. The van der Waals surface area contributed by atoms with E-state index in [1.54, 1.807) is 0 Å². The minimum absolute atomic E-state index is 0.0696. The van der Waals surface area contributed by atoms with Crippen molar-refractivity contribution >= 4 is 17.7 Å². The highest BCUT2D eigenvalue weighted by molar-refractivity contribution is 5.85. The predicted octanol–water partition coefficient (Wildman–Crippen LogP) is 5.48. The van der Waals surface area contributed by atoms with Gasteiger partial charge in [-0.15, -0.1) is 0 Å². The number of hydrogen-bond donors (Lipinski definition) is 0. The quantitative estimate of drug-likeness (QED) is 0.570. The van der Waals surface area contributed by atoms with Gasteiger partial charge in [0.2, 0.25) is 0 Å². The molecule has 1 aliphatic rings. The first kappa shape index (κ1) is 18.1. The van der Waals surface area contributed by atoms with Crippen LogP contribution in [0.3, 0.4) is 0 Å². The molecule has 0 amide bonds. The third-order valence-electron chi connectivity index (χ3n) is 5.21. The van der Waals surface area contributed by atoms with Crippen LogP contribution in [0, 0.1) is 6.92 Å². The molecule has 3 heteroatoms. The second-order valence-corrected chi connectivity index (χ2v) is 7.02. The number of para-hydroxylation sites is 1. The van der Waals surface area contributed by atoms with E-state index in [1.165, 1.54) is 12.7 Å². The van der Waals surface area contributed by atoms with Crippen molar-refractivity contribution in [2.45, 2.75) is 19.0 Å². The van der Waals surface area contributed by atoms with Gasteiger partial charge < -0.3 is 9.64 Å². The molecule has 28 heavy (non-hydrogen) atoms. The number of carbonyl (C=O) groups excluding carboxylic acids is 1. The van der Waals surface area contributed by atoms with Crippen molar-refractivity contribution in [1.82, 2.24) is 0 Å². The summed E-state index contributed by atoms with van der Waals surface area (Å²) in [6.45, 7) is 2.08. The standard InChI is InChI=1S/C25H23NO2/c1-18-12-14-20(15-13-18)23-17-16-19-8-6-7-11-22(19)26(23)24(25(27)28-2)21-9-4-3-5-10-21/h3-17,23-24H,1-2H3/t23-,24+/m1/s1. The molecule has 0 radical (unpaired) electrons. The smallest absolute Gasteiger partial charge is 0.333 e. The number of hydrogen-bond acceptors (Lipinski definition) is 3. The number of methoxy groups -OCH3 is 1. The molecule has 0 saturated heterocycles. The van der Waals surface area contributed by atoms with Crippen LogP contribution in [0.15, 0.2) is 84.9 Å². The van der Waals surface area contributed by atoms with Gasteiger partial charge in [0, 0.05) is 5.69 Å². The number of rotatable bonds is 4. The van der Waals surface area contributed by atoms with Crippen molar-refractivity contribution < 1.29 is 9.53 Å². The van der Waals surface area contributed by atoms with Crippen molar-refractivity contribution in [3.05, 3.63) is 107 Å². The average Bonchev–Trinajstić information content (AvgIpc) is 2.75. The molecular weight excluding hydrogens is 346 g/mol. The van der Waals surface area contributed by atoms with Crippen molar-refractivity contribution in [3.63, 3.8) is 0 Å². The monoisotopic (exact) mass is 369 g/mol. The summed E-state index contributed by atoms with van der Waals surface area (Å²) in [4.78, 5) is 15.1. The molecule has 0 fully saturated rings. The van der Waals surface area contributed by atoms with Crippen molar-refractivity contribution in [2.24, 2.45) is 0 Å². The molecule has 0 aromatic heterocycles. The Morgan fingerprint density at radius 3 is 2.32 bits per heavy atom. The minimum Gasteiger partial charge on any atom is -0.467 e. The molecule has 0 N–H and O–H groups in total. The van der Waals surface area contributed by atoms with Crippen molar-refractivity contribution in [3.8, 4) is 0 Å². The van der Waals surface area contributed by atoms with Crippen LogP contribution in [0.2, 0.25) is 0 Å². The molecule has 1 aliphatic heterocycles. The summed E-state index contributed by atoms with van der Waals surface area (Å²) < 4.78 is 5.23. The number of esters is 1. The number of fused-ring (bicyclic) bond motifs is 1. The van der Waals surface area contributed by atoms with Gasteiger partial charge in [-0.2, -0.15) is 0 Å². The van der Waals surface area contributed by atoms with Crippen LogP contribution in [0.5, 0.6) is 0 Å². The fourth-order valence-electron chi connectivity index (χ4n) is 3.79. The maximum atomic E-state index is 13.0. The first-order valence-corrected chi connectivity index (χ1v) is 9.44. The molecule has 140 valence electrons. The van der Waals surface area contributed by atoms with Crippen LogP contribution in [-0.4, -0.2) is 13.1 Å². The van der Waals surface area contributed by atoms with E-state index in [0.29, 0.717) is 0 Å². The van der Waals surface area contributed by atoms with Gasteiger partial charge in [-0.05, 0) is 29.7 Å². The third-order valence-corrected chi connectivity index (χ3v) is 5.21. The molecule has 3 aromatic rings. The van der Waals surface area contributed by atoms with Crippen LogP contribution >= 0.6 is 0 Å². The Bertz CT molecular complexity index is 993. The summed E-state index contributed by atoms with van der Waals surface area (Å²) in [7, 11) is 1.45. The average molecular weight is 369 g/mol. The summed E-state index contributed by atoms with van der Waals surface area (Å²) in [5, 5.41) is 0. The van der Waals surface area contributed by atoms with Gasteiger partial charge in [-0.25, -0.2) is 4.79 Å². The maximum Gasteiger partial charge on any atom is 0.333 e. The Kier molecular flexibility index (Phi) is 4.98. The lowest BCUT2D eigenvalue weighted by atomic mass is 9.92. The third kappa shape index (κ3) is 3.31. The zero-order valence-electron chi connectivity index (χ0n) is 16.1. The summed E-state index contributed by atoms with van der Waals surface area (Å²) in [6.07, 6.45) is 4.29. The number of anilines is 1. The van der Waals surface area contributed by atoms with Gasteiger partial charge in [0.1, 0.15) is 0 Å². The highest BCUT2D eigenvalue weighted by Crippen LogP contribution is 2.42. The van der Waals surface area contributed by atoms with Crippen LogP contribution in [-0.2, 0) is 9.53 Å². The van der Waals surface area contributed by atoms with Crippen LogP contribution in [0.25, 0.3) is 6.08 Å². The Morgan fingerprint density at radius 2 is 1.61 bits per heavy atom. The largest absolute Gasteiger partial charge is 0.467 e. The first-order chi connectivity index (χ1) is 13.7. The molecule has 4 rings (SSSR count). The Balaban J connectivity index is 1.89. The number of carbonyl (C=O) groups is 1. The molecule has 0 aliphatic carbocycles. The summed E-state index contributed by atoms with van der Waals surface area (Å²) in [6, 6.07) is 25.9. The van der Waals surface area contributed by atoms with Gasteiger partial charge in [-0.3, -0.25) is 0 Å². The summed E-state index contributed by atoms with van der Waals surface area (Å²) in [5.74, 6) is -0.270. The molecule has 1 heterocycles. The van der Waals surface area contributed by atoms with E-state index in [2.05, 4.69) is 60.4 Å². The maximum absolute atomic E-state index is 13.0. The fraction of sp³-hybridized carbons (Fsp3) is 0.160. The van der Waals surface area contributed by atoms with Gasteiger partial charge in [0.25, 0.3) is 0 Å². The Morgan fingerprint density at radius 1 is 0.929 bits per heavy atom. The van der Waals surface area contributed by atoms with Gasteiger partial charge in [-0.1, -0.05) is 90.5 Å². The van der Waals surface area contributed by atoms with Crippen molar-refractivity contribution in [1.29, 1.82) is 0 Å². The summed E-state index contributed by atoms with van der Waals surface area (Å²) in [5.41, 5.74) is 5.38. The Hall–Kier alpha value is -3.33. The van der Waals surface area contributed by atoms with E-state index >= 15 is 0 Å². The van der Waals surface area contributed by atoms with Crippen molar-refractivity contribution in [2.75, 3.05) is 12.0 Å². The summed E-state index contributed by atoms with van der Waals surface area (Å²) >= 11 is 0. The second kappa shape index (κ2) is 7.73. The fourth-order valence-corrected chi connectivity index (χ4v) is 3.79. The van der Waals surface area contributed by atoms with E-state index in [-0.39, 0.29) is 12.0 Å². The van der Waals surface area contributed by atoms with E-state index in [4.69, 9.17) is 4.74 Å². The van der Waals surface area contributed by atoms with Gasteiger partial charge in [0.05, 0.1) is 13.2 Å². The molecule has 0 unspecified atom stereocenters. The lowest BCUT2D eigenvalue weighted by Crippen LogP contribution is -2.39. The topological polar surface area (TPSA) is 29.5 Å². The molecule has 0 bridgehead atoms. The normalized spacial score (nSPS) is 16.4. The van der Waals surface area contributed by atoms with E-state index in [1.807, 2.05) is 42.5 Å². The van der Waals surface area contributed by atoms with E-state index < -0.39 is 6.04 Å². The van der Waals surface area contributed by atoms with E-state index in [9.17, 15) is 4.79 Å². The number of nitrogens with zero attached hydrogens (tertiary/aromatic N) is 1. The van der Waals surface area contributed by atoms with Crippen LogP contribution < -0.4 is 4.90 Å². The molecule has 0 saturated carbocycles. The van der Waals surface area contributed by atoms with Gasteiger partial charge >= 0.3 is 5.97 Å². The molecule has 2 atom stereocenters. The van der Waals surface area contributed by atoms with E-state index in [0.717, 1.165) is 22.4 Å². The minimum atomic E-state index is -0.538. The SMILES string of the molecule is COC(=O)[C@H](c1ccccc1)N1c2ccccc2C=C[C@@H]1c1ccc(C)cc1. The number of ether oxygens (including phenoxy) is 1. The molecule has 3 nitrogen and oxygen atoms in total. The zero-order valence-corrected chi connectivity index (χ0v) is 16.1. The zero-order chi connectivity index (χ0) is 19.5. The number of benzene rings is 3. The highest BCUT2D eigenvalue weighted by atomic mass is 16.5. The Labute approximate surface area is 165 Å². The lowest BCUT2D eigenvalue weighted by molar-refractivity contribution is -0.142.